The van der Waals surface area contributed by atoms with Crippen LogP contribution in [0.3, 0.4) is 0 Å². The first-order valence-corrected chi connectivity index (χ1v) is 7.91. The Morgan fingerprint density at radius 1 is 1.45 bits per heavy atom. The molecule has 1 aromatic rings. The van der Waals surface area contributed by atoms with Crippen LogP contribution in [0.2, 0.25) is 10.0 Å². The normalized spacial score (nSPS) is 19.4. The fourth-order valence-electron chi connectivity index (χ4n) is 2.33. The molecule has 0 spiro atoms. The molecule has 2 rings (SSSR count). The number of carbonyl (C=O) groups excluding carboxylic acids is 2. The van der Waals surface area contributed by atoms with E-state index in [0.29, 0.717) is 35.2 Å². The molecule has 0 bridgehead atoms. The average Bonchev–Trinajstić information content (AvgIpc) is 2.88. The molecule has 7 heteroatoms. The summed E-state index contributed by atoms with van der Waals surface area (Å²) in [4.78, 5) is 26.2. The van der Waals surface area contributed by atoms with Crippen molar-refractivity contribution in [2.24, 2.45) is 5.92 Å². The van der Waals surface area contributed by atoms with E-state index in [0.717, 1.165) is 0 Å². The topological polar surface area (TPSA) is 61.4 Å². The first-order chi connectivity index (χ1) is 10.4. The second-order valence-electron chi connectivity index (χ2n) is 5.36. The molecule has 1 aliphatic heterocycles. The van der Waals surface area contributed by atoms with Gasteiger partial charge in [0.1, 0.15) is 5.92 Å². The van der Waals surface area contributed by atoms with E-state index in [1.807, 2.05) is 14.0 Å². The van der Waals surface area contributed by atoms with Gasteiger partial charge in [-0.1, -0.05) is 23.2 Å². The number of rotatable bonds is 5. The number of benzene rings is 1. The minimum Gasteiger partial charge on any atom is -0.354 e. The molecule has 0 aromatic heterocycles. The lowest BCUT2D eigenvalue weighted by Crippen LogP contribution is -2.42. The van der Waals surface area contributed by atoms with E-state index in [2.05, 4.69) is 10.6 Å². The molecule has 5 nitrogen and oxygen atoms in total. The van der Waals surface area contributed by atoms with Gasteiger partial charge in [0.05, 0.1) is 10.7 Å². The predicted molar refractivity (Wildman–Crippen MR) is 88.5 cm³/mol. The SMILES string of the molecule is CNC(C)CNC(=O)C1CCN(c2cc(Cl)ccc2Cl)C1=O. The molecule has 0 saturated carbocycles. The molecule has 1 heterocycles. The third kappa shape index (κ3) is 3.72. The number of nitrogens with zero attached hydrogens (tertiary/aromatic N) is 1. The third-order valence-corrected chi connectivity index (χ3v) is 4.35. The monoisotopic (exact) mass is 343 g/mol. The number of likely N-dealkylation sites (N-methyl/N-ethyl adjacent to an activating group) is 1. The summed E-state index contributed by atoms with van der Waals surface area (Å²) in [7, 11) is 1.82. The highest BCUT2D eigenvalue weighted by Gasteiger charge is 2.38. The molecular formula is C15H19Cl2N3O2. The van der Waals surface area contributed by atoms with Crippen LogP contribution in [0.4, 0.5) is 5.69 Å². The van der Waals surface area contributed by atoms with Crippen LogP contribution >= 0.6 is 23.2 Å². The highest BCUT2D eigenvalue weighted by atomic mass is 35.5. The van der Waals surface area contributed by atoms with Crippen molar-refractivity contribution in [3.8, 4) is 0 Å². The minimum atomic E-state index is -0.667. The van der Waals surface area contributed by atoms with E-state index < -0.39 is 5.92 Å². The molecule has 1 saturated heterocycles. The number of carbonyl (C=O) groups is 2. The zero-order valence-electron chi connectivity index (χ0n) is 12.5. The first kappa shape index (κ1) is 17.1. The zero-order chi connectivity index (χ0) is 16.3. The Morgan fingerprint density at radius 3 is 2.86 bits per heavy atom. The largest absolute Gasteiger partial charge is 0.354 e. The van der Waals surface area contributed by atoms with Gasteiger partial charge in [-0.2, -0.15) is 0 Å². The van der Waals surface area contributed by atoms with Gasteiger partial charge in [0, 0.05) is 24.2 Å². The smallest absolute Gasteiger partial charge is 0.239 e. The van der Waals surface area contributed by atoms with Crippen LogP contribution in [-0.2, 0) is 9.59 Å². The summed E-state index contributed by atoms with van der Waals surface area (Å²) in [5.41, 5.74) is 0.554. The zero-order valence-corrected chi connectivity index (χ0v) is 14.0. The average molecular weight is 344 g/mol. The highest BCUT2D eigenvalue weighted by molar-refractivity contribution is 6.36. The van der Waals surface area contributed by atoms with Crippen LogP contribution in [0.15, 0.2) is 18.2 Å². The van der Waals surface area contributed by atoms with E-state index in [1.165, 1.54) is 4.90 Å². The van der Waals surface area contributed by atoms with Crippen molar-refractivity contribution in [3.63, 3.8) is 0 Å². The molecule has 0 aliphatic carbocycles. The van der Waals surface area contributed by atoms with Crippen molar-refractivity contribution in [3.05, 3.63) is 28.2 Å². The van der Waals surface area contributed by atoms with Crippen molar-refractivity contribution in [2.75, 3.05) is 25.0 Å². The Morgan fingerprint density at radius 2 is 2.18 bits per heavy atom. The van der Waals surface area contributed by atoms with Crippen LogP contribution in [0.1, 0.15) is 13.3 Å². The lowest BCUT2D eigenvalue weighted by molar-refractivity contribution is -0.132. The molecule has 1 fully saturated rings. The van der Waals surface area contributed by atoms with Crippen LogP contribution < -0.4 is 15.5 Å². The number of halogens is 2. The van der Waals surface area contributed by atoms with Gasteiger partial charge in [0.25, 0.3) is 0 Å². The Labute approximate surface area is 139 Å². The summed E-state index contributed by atoms with van der Waals surface area (Å²) in [6.07, 6.45) is 0.474. The highest BCUT2D eigenvalue weighted by Crippen LogP contribution is 2.33. The van der Waals surface area contributed by atoms with Crippen LogP contribution in [0, 0.1) is 5.92 Å². The second-order valence-corrected chi connectivity index (χ2v) is 6.21. The van der Waals surface area contributed by atoms with Crippen molar-refractivity contribution in [2.45, 2.75) is 19.4 Å². The van der Waals surface area contributed by atoms with E-state index in [9.17, 15) is 9.59 Å². The molecule has 2 N–H and O–H groups in total. The summed E-state index contributed by atoms with van der Waals surface area (Å²) < 4.78 is 0. The van der Waals surface area contributed by atoms with E-state index in [-0.39, 0.29) is 17.9 Å². The molecule has 1 aromatic carbocycles. The molecule has 2 unspecified atom stereocenters. The van der Waals surface area contributed by atoms with Gasteiger partial charge in [-0.3, -0.25) is 9.59 Å². The summed E-state index contributed by atoms with van der Waals surface area (Å²) in [6, 6.07) is 5.11. The Balaban J connectivity index is 2.06. The van der Waals surface area contributed by atoms with Gasteiger partial charge >= 0.3 is 0 Å². The molecular weight excluding hydrogens is 325 g/mol. The number of nitrogens with one attached hydrogen (secondary N) is 2. The lowest BCUT2D eigenvalue weighted by atomic mass is 10.1. The number of hydrogen-bond donors (Lipinski definition) is 2. The van der Waals surface area contributed by atoms with Gasteiger partial charge in [-0.25, -0.2) is 0 Å². The van der Waals surface area contributed by atoms with Crippen molar-refractivity contribution < 1.29 is 9.59 Å². The number of hydrogen-bond acceptors (Lipinski definition) is 3. The van der Waals surface area contributed by atoms with Gasteiger partial charge in [0.2, 0.25) is 11.8 Å². The second kappa shape index (κ2) is 7.31. The summed E-state index contributed by atoms with van der Waals surface area (Å²) in [5, 5.41) is 6.77. The van der Waals surface area contributed by atoms with Gasteiger partial charge in [0.15, 0.2) is 0 Å². The van der Waals surface area contributed by atoms with Gasteiger partial charge in [-0.15, -0.1) is 0 Å². The fourth-order valence-corrected chi connectivity index (χ4v) is 2.72. The summed E-state index contributed by atoms with van der Waals surface area (Å²) in [5.74, 6) is -1.15. The third-order valence-electron chi connectivity index (χ3n) is 3.80. The number of anilines is 1. The molecule has 22 heavy (non-hydrogen) atoms. The van der Waals surface area contributed by atoms with E-state index in [1.54, 1.807) is 18.2 Å². The quantitative estimate of drug-likeness (QED) is 0.804. The van der Waals surface area contributed by atoms with E-state index >= 15 is 0 Å². The standard InChI is InChI=1S/C15H19Cl2N3O2/c1-9(18-2)8-19-14(21)11-5-6-20(15(11)22)13-7-10(16)3-4-12(13)17/h3-4,7,9,11,18H,5-6,8H2,1-2H3,(H,19,21). The Bertz CT molecular complexity index is 580. The Kier molecular flexibility index (Phi) is 5.67. The molecule has 120 valence electrons. The van der Waals surface area contributed by atoms with Crippen molar-refractivity contribution in [1.82, 2.24) is 10.6 Å². The van der Waals surface area contributed by atoms with Gasteiger partial charge < -0.3 is 15.5 Å². The molecule has 0 radical (unpaired) electrons. The fraction of sp³-hybridized carbons (Fsp3) is 0.467. The van der Waals surface area contributed by atoms with Crippen LogP contribution in [0.25, 0.3) is 0 Å². The van der Waals surface area contributed by atoms with Crippen LogP contribution in [0.5, 0.6) is 0 Å². The lowest BCUT2D eigenvalue weighted by Gasteiger charge is -2.19. The minimum absolute atomic E-state index is 0.152. The van der Waals surface area contributed by atoms with Crippen molar-refractivity contribution in [1.29, 1.82) is 0 Å². The van der Waals surface area contributed by atoms with Crippen molar-refractivity contribution >= 4 is 40.7 Å². The molecule has 2 atom stereocenters. The molecule has 2 amide bonds. The summed E-state index contributed by atoms with van der Waals surface area (Å²) in [6.45, 7) is 2.89. The first-order valence-electron chi connectivity index (χ1n) is 7.15. The Hall–Kier alpha value is -1.30. The maximum atomic E-state index is 12.5. The maximum Gasteiger partial charge on any atom is 0.239 e. The van der Waals surface area contributed by atoms with Gasteiger partial charge in [-0.05, 0) is 38.6 Å². The number of amides is 2. The van der Waals surface area contributed by atoms with Crippen LogP contribution in [-0.4, -0.2) is 38.0 Å². The predicted octanol–water partition coefficient (Wildman–Crippen LogP) is 2.07. The summed E-state index contributed by atoms with van der Waals surface area (Å²) >= 11 is 12.1. The maximum absolute atomic E-state index is 12.5. The van der Waals surface area contributed by atoms with E-state index in [4.69, 9.17) is 23.2 Å². The molecule has 1 aliphatic rings.